The van der Waals surface area contributed by atoms with Gasteiger partial charge >= 0.3 is 0 Å². The largest absolute Gasteiger partial charge is 0.320 e. The second kappa shape index (κ2) is 5.90. The summed E-state index contributed by atoms with van der Waals surface area (Å²) >= 11 is 6.09. The average Bonchev–Trinajstić information content (AvgIpc) is 2.76. The molecule has 0 saturated heterocycles. The molecule has 0 atom stereocenters. The number of nitrogens with zero attached hydrogens (tertiary/aromatic N) is 3. The summed E-state index contributed by atoms with van der Waals surface area (Å²) in [4.78, 5) is 0.246. The number of halogens is 1. The standard InChI is InChI=1S/C12H15ClN4O2S/c1-17-8-15-16-12(17)7-14-6-9-10(13)4-3-5-11(9)20(2,18)19/h3-5,8,14H,6-7H2,1-2H3. The molecular formula is C12H15ClN4O2S. The zero-order valence-electron chi connectivity index (χ0n) is 11.2. The normalized spacial score (nSPS) is 11.8. The van der Waals surface area contributed by atoms with Crippen LogP contribution in [-0.4, -0.2) is 29.4 Å². The summed E-state index contributed by atoms with van der Waals surface area (Å²) in [6.45, 7) is 0.819. The van der Waals surface area contributed by atoms with Crippen molar-refractivity contribution in [2.24, 2.45) is 7.05 Å². The van der Waals surface area contributed by atoms with Crippen LogP contribution in [0.5, 0.6) is 0 Å². The Balaban J connectivity index is 2.16. The van der Waals surface area contributed by atoms with Crippen LogP contribution >= 0.6 is 11.6 Å². The minimum atomic E-state index is -3.31. The Hall–Kier alpha value is -1.44. The zero-order chi connectivity index (χ0) is 14.8. The van der Waals surface area contributed by atoms with E-state index in [9.17, 15) is 8.42 Å². The van der Waals surface area contributed by atoms with Crippen molar-refractivity contribution in [1.29, 1.82) is 0 Å². The highest BCUT2D eigenvalue weighted by Crippen LogP contribution is 2.23. The Kier molecular flexibility index (Phi) is 4.42. The van der Waals surface area contributed by atoms with Crippen molar-refractivity contribution in [2.45, 2.75) is 18.0 Å². The van der Waals surface area contributed by atoms with E-state index in [1.54, 1.807) is 29.1 Å². The smallest absolute Gasteiger partial charge is 0.175 e. The predicted molar refractivity (Wildman–Crippen MR) is 76.1 cm³/mol. The van der Waals surface area contributed by atoms with Crippen molar-refractivity contribution in [1.82, 2.24) is 20.1 Å². The molecule has 0 unspecified atom stereocenters. The Bertz CT molecular complexity index is 712. The first-order valence-electron chi connectivity index (χ1n) is 5.90. The van der Waals surface area contributed by atoms with E-state index in [1.807, 2.05) is 7.05 Å². The molecule has 0 radical (unpaired) electrons. The van der Waals surface area contributed by atoms with Gasteiger partial charge in [0.15, 0.2) is 9.84 Å². The third-order valence-electron chi connectivity index (χ3n) is 2.87. The molecule has 1 N–H and O–H groups in total. The first-order chi connectivity index (χ1) is 9.39. The Morgan fingerprint density at radius 1 is 1.35 bits per heavy atom. The minimum Gasteiger partial charge on any atom is -0.320 e. The Labute approximate surface area is 122 Å². The molecule has 1 heterocycles. The first kappa shape index (κ1) is 15.0. The van der Waals surface area contributed by atoms with Crippen LogP contribution in [-0.2, 0) is 30.0 Å². The summed E-state index contributed by atoms with van der Waals surface area (Å²) in [6.07, 6.45) is 2.78. The number of nitrogens with one attached hydrogen (secondary N) is 1. The van der Waals surface area contributed by atoms with E-state index in [2.05, 4.69) is 15.5 Å². The van der Waals surface area contributed by atoms with Crippen molar-refractivity contribution in [2.75, 3.05) is 6.26 Å². The lowest BCUT2D eigenvalue weighted by molar-refractivity contribution is 0.596. The van der Waals surface area contributed by atoms with E-state index in [4.69, 9.17) is 11.6 Å². The summed E-state index contributed by atoms with van der Waals surface area (Å²) in [5, 5.41) is 11.3. The number of aromatic nitrogens is 3. The molecule has 0 fully saturated rings. The van der Waals surface area contributed by atoms with E-state index >= 15 is 0 Å². The predicted octanol–water partition coefficient (Wildman–Crippen LogP) is 1.16. The number of rotatable bonds is 5. The molecule has 0 aliphatic rings. The van der Waals surface area contributed by atoms with Crippen molar-refractivity contribution < 1.29 is 8.42 Å². The number of sulfone groups is 1. The second-order valence-electron chi connectivity index (χ2n) is 4.45. The number of benzene rings is 1. The molecule has 0 aliphatic carbocycles. The molecule has 0 amide bonds. The molecule has 1 aromatic carbocycles. The summed E-state index contributed by atoms with van der Waals surface area (Å²) in [5.41, 5.74) is 0.568. The van der Waals surface area contributed by atoms with Crippen LogP contribution in [0.3, 0.4) is 0 Å². The Morgan fingerprint density at radius 3 is 2.70 bits per heavy atom. The molecule has 20 heavy (non-hydrogen) atoms. The lowest BCUT2D eigenvalue weighted by Gasteiger charge is -2.11. The lowest BCUT2D eigenvalue weighted by atomic mass is 10.2. The van der Waals surface area contributed by atoms with Gasteiger partial charge in [-0.1, -0.05) is 17.7 Å². The highest BCUT2D eigenvalue weighted by atomic mass is 35.5. The molecule has 0 aliphatic heterocycles. The third-order valence-corrected chi connectivity index (χ3v) is 4.40. The molecule has 0 spiro atoms. The molecule has 2 rings (SSSR count). The van der Waals surface area contributed by atoms with Crippen LogP contribution < -0.4 is 5.32 Å². The molecule has 2 aromatic rings. The molecule has 0 saturated carbocycles. The van der Waals surface area contributed by atoms with Crippen molar-refractivity contribution in [3.05, 3.63) is 40.9 Å². The molecule has 6 nitrogen and oxygen atoms in total. The van der Waals surface area contributed by atoms with E-state index < -0.39 is 9.84 Å². The van der Waals surface area contributed by atoms with E-state index in [0.717, 1.165) is 5.82 Å². The van der Waals surface area contributed by atoms with E-state index in [1.165, 1.54) is 6.26 Å². The summed E-state index contributed by atoms with van der Waals surface area (Å²) in [5.74, 6) is 0.762. The highest BCUT2D eigenvalue weighted by Gasteiger charge is 2.15. The fraction of sp³-hybridized carbons (Fsp3) is 0.333. The van der Waals surface area contributed by atoms with Crippen molar-refractivity contribution in [3.8, 4) is 0 Å². The van der Waals surface area contributed by atoms with Gasteiger partial charge in [-0.25, -0.2) is 8.42 Å². The number of hydrogen-bond acceptors (Lipinski definition) is 5. The van der Waals surface area contributed by atoms with E-state index in [-0.39, 0.29) is 4.90 Å². The fourth-order valence-electron chi connectivity index (χ4n) is 1.82. The highest BCUT2D eigenvalue weighted by molar-refractivity contribution is 7.90. The van der Waals surface area contributed by atoms with Gasteiger partial charge in [-0.2, -0.15) is 0 Å². The van der Waals surface area contributed by atoms with Crippen LogP contribution in [0.15, 0.2) is 29.4 Å². The molecular weight excluding hydrogens is 300 g/mol. The van der Waals surface area contributed by atoms with Gasteiger partial charge in [-0.15, -0.1) is 10.2 Å². The molecule has 108 valence electrons. The van der Waals surface area contributed by atoms with Crippen LogP contribution in [0.4, 0.5) is 0 Å². The summed E-state index contributed by atoms with van der Waals surface area (Å²) < 4.78 is 25.3. The lowest BCUT2D eigenvalue weighted by Crippen LogP contribution is -2.18. The van der Waals surface area contributed by atoms with Crippen LogP contribution in [0.2, 0.25) is 5.02 Å². The van der Waals surface area contributed by atoms with Gasteiger partial charge in [-0.05, 0) is 12.1 Å². The Morgan fingerprint density at radius 2 is 2.10 bits per heavy atom. The van der Waals surface area contributed by atoms with Crippen LogP contribution in [0, 0.1) is 0 Å². The molecule has 1 aromatic heterocycles. The van der Waals surface area contributed by atoms with Gasteiger partial charge in [0.25, 0.3) is 0 Å². The maximum absolute atomic E-state index is 11.7. The van der Waals surface area contributed by atoms with E-state index in [0.29, 0.717) is 23.7 Å². The SMILES string of the molecule is Cn1cnnc1CNCc1c(Cl)cccc1S(C)(=O)=O. The molecule has 0 bridgehead atoms. The van der Waals surface area contributed by atoms with Crippen LogP contribution in [0.25, 0.3) is 0 Å². The van der Waals surface area contributed by atoms with Crippen LogP contribution in [0.1, 0.15) is 11.4 Å². The fourth-order valence-corrected chi connectivity index (χ4v) is 3.08. The maximum Gasteiger partial charge on any atom is 0.175 e. The number of aryl methyl sites for hydroxylation is 1. The van der Waals surface area contributed by atoms with Crippen molar-refractivity contribution >= 4 is 21.4 Å². The monoisotopic (exact) mass is 314 g/mol. The number of hydrogen-bond donors (Lipinski definition) is 1. The van der Waals surface area contributed by atoms with Gasteiger partial charge in [-0.3, -0.25) is 0 Å². The maximum atomic E-state index is 11.7. The quantitative estimate of drug-likeness (QED) is 0.896. The van der Waals surface area contributed by atoms with Gasteiger partial charge in [0.2, 0.25) is 0 Å². The minimum absolute atomic E-state index is 0.246. The van der Waals surface area contributed by atoms with Crippen molar-refractivity contribution in [3.63, 3.8) is 0 Å². The third kappa shape index (κ3) is 3.36. The first-order valence-corrected chi connectivity index (χ1v) is 8.17. The average molecular weight is 315 g/mol. The summed E-state index contributed by atoms with van der Waals surface area (Å²) in [6, 6.07) is 4.86. The van der Waals surface area contributed by atoms with Gasteiger partial charge in [0.05, 0.1) is 11.4 Å². The van der Waals surface area contributed by atoms with Gasteiger partial charge in [0, 0.05) is 30.4 Å². The molecule has 8 heteroatoms. The second-order valence-corrected chi connectivity index (χ2v) is 6.84. The van der Waals surface area contributed by atoms with Gasteiger partial charge < -0.3 is 9.88 Å². The zero-order valence-corrected chi connectivity index (χ0v) is 12.7. The topological polar surface area (TPSA) is 76.9 Å². The summed E-state index contributed by atoms with van der Waals surface area (Å²) in [7, 11) is -1.46. The van der Waals surface area contributed by atoms with Gasteiger partial charge in [0.1, 0.15) is 12.2 Å².